The molecule has 0 aliphatic carbocycles. The summed E-state index contributed by atoms with van der Waals surface area (Å²) in [6.45, 7) is 0.216. The van der Waals surface area contributed by atoms with Crippen molar-refractivity contribution in [3.8, 4) is 11.5 Å². The number of carbonyl (C=O) groups excluding carboxylic acids is 2. The topological polar surface area (TPSA) is 76.7 Å². The summed E-state index contributed by atoms with van der Waals surface area (Å²) in [6.07, 6.45) is 0. The van der Waals surface area contributed by atoms with Gasteiger partial charge in [-0.2, -0.15) is 0 Å². The molecule has 0 aliphatic rings. The highest BCUT2D eigenvalue weighted by molar-refractivity contribution is 6.04. The fraction of sp³-hybridized carbons (Fsp3) is 0.130. The molecule has 2 N–H and O–H groups in total. The lowest BCUT2D eigenvalue weighted by atomic mass is 10.1. The number of carbonyl (C=O) groups is 2. The Morgan fingerprint density at radius 2 is 1.59 bits per heavy atom. The van der Waals surface area contributed by atoms with E-state index in [1.807, 2.05) is 30.3 Å². The Morgan fingerprint density at radius 3 is 2.38 bits per heavy atom. The monoisotopic (exact) mass is 390 g/mol. The van der Waals surface area contributed by atoms with Crippen molar-refractivity contribution in [3.05, 3.63) is 90.0 Å². The van der Waals surface area contributed by atoms with E-state index in [2.05, 4.69) is 10.6 Å². The minimum absolute atomic E-state index is 0.187. The SMILES string of the molecule is COc1cccc(OCC(=O)Nc2ccccc2C(=O)NCc2ccccc2)c1. The zero-order chi connectivity index (χ0) is 20.5. The lowest BCUT2D eigenvalue weighted by molar-refractivity contribution is -0.118. The van der Waals surface area contributed by atoms with Crippen LogP contribution in [0.1, 0.15) is 15.9 Å². The van der Waals surface area contributed by atoms with Crippen LogP contribution in [-0.4, -0.2) is 25.5 Å². The molecule has 6 heteroatoms. The molecule has 0 saturated carbocycles. The first-order valence-electron chi connectivity index (χ1n) is 9.13. The van der Waals surface area contributed by atoms with E-state index in [1.165, 1.54) is 0 Å². The number of benzene rings is 3. The third-order valence-electron chi connectivity index (χ3n) is 4.15. The number of methoxy groups -OCH3 is 1. The number of nitrogens with one attached hydrogen (secondary N) is 2. The first kappa shape index (κ1) is 19.9. The van der Waals surface area contributed by atoms with Gasteiger partial charge < -0.3 is 20.1 Å². The molecule has 0 aromatic heterocycles. The second-order valence-corrected chi connectivity index (χ2v) is 6.23. The maximum Gasteiger partial charge on any atom is 0.262 e. The standard InChI is InChI=1S/C23H22N2O4/c1-28-18-10-7-11-19(14-18)29-16-22(26)25-21-13-6-5-12-20(21)23(27)24-15-17-8-3-2-4-9-17/h2-14H,15-16H2,1H3,(H,24,27)(H,25,26). The molecular weight excluding hydrogens is 368 g/mol. The fourth-order valence-electron chi connectivity index (χ4n) is 2.69. The van der Waals surface area contributed by atoms with Gasteiger partial charge in [-0.15, -0.1) is 0 Å². The first-order chi connectivity index (χ1) is 14.2. The van der Waals surface area contributed by atoms with Crippen molar-refractivity contribution in [3.63, 3.8) is 0 Å². The molecule has 2 amide bonds. The highest BCUT2D eigenvalue weighted by Crippen LogP contribution is 2.19. The molecule has 0 fully saturated rings. The van der Waals surface area contributed by atoms with Crippen molar-refractivity contribution < 1.29 is 19.1 Å². The molecule has 0 heterocycles. The summed E-state index contributed by atoms with van der Waals surface area (Å²) < 4.78 is 10.6. The van der Waals surface area contributed by atoms with E-state index in [0.717, 1.165) is 5.56 Å². The summed E-state index contributed by atoms with van der Waals surface area (Å²) in [4.78, 5) is 24.9. The van der Waals surface area contributed by atoms with Gasteiger partial charge in [-0.1, -0.05) is 48.5 Å². The summed E-state index contributed by atoms with van der Waals surface area (Å²) in [5, 5.41) is 5.60. The van der Waals surface area contributed by atoms with E-state index in [0.29, 0.717) is 29.3 Å². The van der Waals surface area contributed by atoms with Gasteiger partial charge in [-0.25, -0.2) is 0 Å². The summed E-state index contributed by atoms with van der Waals surface area (Å²) in [7, 11) is 1.56. The average Bonchev–Trinajstić information content (AvgIpc) is 2.77. The summed E-state index contributed by atoms with van der Waals surface area (Å²) >= 11 is 0. The van der Waals surface area contributed by atoms with Crippen molar-refractivity contribution in [1.82, 2.24) is 5.32 Å². The van der Waals surface area contributed by atoms with Gasteiger partial charge in [0.2, 0.25) is 0 Å². The van der Waals surface area contributed by atoms with Crippen LogP contribution in [0.15, 0.2) is 78.9 Å². The Kier molecular flexibility index (Phi) is 6.84. The van der Waals surface area contributed by atoms with Crippen LogP contribution in [0.25, 0.3) is 0 Å². The molecule has 3 aromatic carbocycles. The summed E-state index contributed by atoms with van der Waals surface area (Å²) in [5.74, 6) is 0.534. The van der Waals surface area contributed by atoms with Gasteiger partial charge in [0.05, 0.1) is 18.4 Å². The number of rotatable bonds is 8. The van der Waals surface area contributed by atoms with Crippen molar-refractivity contribution in [2.24, 2.45) is 0 Å². The average molecular weight is 390 g/mol. The molecule has 0 atom stereocenters. The van der Waals surface area contributed by atoms with Crippen molar-refractivity contribution >= 4 is 17.5 Å². The van der Waals surface area contributed by atoms with Crippen LogP contribution < -0.4 is 20.1 Å². The Balaban J connectivity index is 1.59. The van der Waals surface area contributed by atoms with Crippen molar-refractivity contribution in [2.75, 3.05) is 19.0 Å². The van der Waals surface area contributed by atoms with Crippen molar-refractivity contribution in [2.45, 2.75) is 6.54 Å². The molecule has 3 rings (SSSR count). The number of amides is 2. The van der Waals surface area contributed by atoms with E-state index in [4.69, 9.17) is 9.47 Å². The quantitative estimate of drug-likeness (QED) is 0.616. The zero-order valence-corrected chi connectivity index (χ0v) is 16.1. The lowest BCUT2D eigenvalue weighted by Gasteiger charge is -2.12. The molecule has 0 radical (unpaired) electrons. The van der Waals surface area contributed by atoms with Gasteiger partial charge >= 0.3 is 0 Å². The smallest absolute Gasteiger partial charge is 0.262 e. The molecule has 0 spiro atoms. The predicted molar refractivity (Wildman–Crippen MR) is 111 cm³/mol. The largest absolute Gasteiger partial charge is 0.497 e. The molecule has 148 valence electrons. The van der Waals surface area contributed by atoms with Gasteiger partial charge in [-0.05, 0) is 29.8 Å². The second kappa shape index (κ2) is 9.94. The highest BCUT2D eigenvalue weighted by atomic mass is 16.5. The van der Waals surface area contributed by atoms with Crippen LogP contribution in [0.2, 0.25) is 0 Å². The Hall–Kier alpha value is -3.80. The third-order valence-corrected chi connectivity index (χ3v) is 4.15. The van der Waals surface area contributed by atoms with Crippen LogP contribution >= 0.6 is 0 Å². The van der Waals surface area contributed by atoms with Crippen LogP contribution in [0.3, 0.4) is 0 Å². The highest BCUT2D eigenvalue weighted by Gasteiger charge is 2.13. The Labute approximate surface area is 169 Å². The number of hydrogen-bond acceptors (Lipinski definition) is 4. The maximum absolute atomic E-state index is 12.6. The molecule has 0 saturated heterocycles. The maximum atomic E-state index is 12.6. The zero-order valence-electron chi connectivity index (χ0n) is 16.1. The molecule has 0 aliphatic heterocycles. The van der Waals surface area contributed by atoms with Gasteiger partial charge in [0.1, 0.15) is 11.5 Å². The first-order valence-corrected chi connectivity index (χ1v) is 9.13. The molecule has 3 aromatic rings. The molecule has 0 bridgehead atoms. The van der Waals surface area contributed by atoms with Crippen LogP contribution in [0, 0.1) is 0 Å². The van der Waals surface area contributed by atoms with Crippen molar-refractivity contribution in [1.29, 1.82) is 0 Å². The lowest BCUT2D eigenvalue weighted by Crippen LogP contribution is -2.26. The minimum atomic E-state index is -0.365. The predicted octanol–water partition coefficient (Wildman–Crippen LogP) is 3.64. The number of para-hydroxylation sites is 1. The van der Waals surface area contributed by atoms with Crippen LogP contribution in [-0.2, 0) is 11.3 Å². The third kappa shape index (κ3) is 5.84. The van der Waals surface area contributed by atoms with E-state index >= 15 is 0 Å². The van der Waals surface area contributed by atoms with Crippen LogP contribution in [0.4, 0.5) is 5.69 Å². The van der Waals surface area contributed by atoms with E-state index in [9.17, 15) is 9.59 Å². The van der Waals surface area contributed by atoms with E-state index in [-0.39, 0.29) is 18.4 Å². The van der Waals surface area contributed by atoms with Gasteiger partial charge in [-0.3, -0.25) is 9.59 Å². The normalized spacial score (nSPS) is 10.1. The number of hydrogen-bond donors (Lipinski definition) is 2. The summed E-state index contributed by atoms with van der Waals surface area (Å²) in [5.41, 5.74) is 1.81. The van der Waals surface area contributed by atoms with E-state index < -0.39 is 0 Å². The second-order valence-electron chi connectivity index (χ2n) is 6.23. The van der Waals surface area contributed by atoms with Gasteiger partial charge in [0.25, 0.3) is 11.8 Å². The summed E-state index contributed by atoms with van der Waals surface area (Å²) in [6, 6.07) is 23.5. The van der Waals surface area contributed by atoms with Crippen LogP contribution in [0.5, 0.6) is 11.5 Å². The van der Waals surface area contributed by atoms with Gasteiger partial charge in [0.15, 0.2) is 6.61 Å². The Morgan fingerprint density at radius 1 is 0.862 bits per heavy atom. The van der Waals surface area contributed by atoms with Gasteiger partial charge in [0, 0.05) is 12.6 Å². The molecule has 29 heavy (non-hydrogen) atoms. The van der Waals surface area contributed by atoms with E-state index in [1.54, 1.807) is 55.6 Å². The fourth-order valence-corrected chi connectivity index (χ4v) is 2.69. The molecule has 0 unspecified atom stereocenters. The molecule has 6 nitrogen and oxygen atoms in total. The minimum Gasteiger partial charge on any atom is -0.497 e. The number of anilines is 1. The number of ether oxygens (including phenoxy) is 2. The Bertz CT molecular complexity index is 973. The molecular formula is C23H22N2O4.